The molecule has 0 aromatic carbocycles. The highest BCUT2D eigenvalue weighted by Crippen LogP contribution is 2.24. The molecule has 0 N–H and O–H groups in total. The van der Waals surface area contributed by atoms with Crippen LogP contribution in [0.4, 0.5) is 0 Å². The number of hydrogen-bond donors (Lipinski definition) is 0. The number of carbonyl (C=O) groups excluding carboxylic acids is 1. The molecule has 26 heavy (non-hydrogen) atoms. The van der Waals surface area contributed by atoms with Gasteiger partial charge in [0.1, 0.15) is 11.3 Å². The fourth-order valence-corrected chi connectivity index (χ4v) is 3.75. The largest absolute Gasteiger partial charge is 0.460 e. The van der Waals surface area contributed by atoms with Crippen molar-refractivity contribution in [1.82, 2.24) is 14.4 Å². The van der Waals surface area contributed by atoms with E-state index >= 15 is 0 Å². The van der Waals surface area contributed by atoms with Gasteiger partial charge in [-0.2, -0.15) is 0 Å². The maximum Gasteiger partial charge on any atom is 0.262 e. The van der Waals surface area contributed by atoms with Gasteiger partial charge in [-0.15, -0.1) is 0 Å². The Balaban J connectivity index is 1.88. The van der Waals surface area contributed by atoms with Crippen molar-refractivity contribution >= 4 is 16.9 Å². The molecule has 0 aliphatic carbocycles. The van der Waals surface area contributed by atoms with Gasteiger partial charge in [0.25, 0.3) is 11.5 Å². The van der Waals surface area contributed by atoms with E-state index in [1.54, 1.807) is 23.8 Å². The average Bonchev–Trinajstić information content (AvgIpc) is 2.94. The molecule has 3 heterocycles. The van der Waals surface area contributed by atoms with Crippen LogP contribution in [-0.2, 0) is 6.54 Å². The topological polar surface area (TPSA) is 58.7 Å². The minimum atomic E-state index is -0.136. The maximum absolute atomic E-state index is 13.1. The van der Waals surface area contributed by atoms with Gasteiger partial charge in [0.05, 0.1) is 10.9 Å². The second-order valence-corrected chi connectivity index (χ2v) is 7.57. The Morgan fingerprint density at radius 2 is 1.92 bits per heavy atom. The molecule has 2 aromatic heterocycles. The van der Waals surface area contributed by atoms with E-state index < -0.39 is 0 Å². The molecule has 6 nitrogen and oxygen atoms in total. The lowest BCUT2D eigenvalue weighted by Crippen LogP contribution is -2.49. The van der Waals surface area contributed by atoms with Crippen molar-refractivity contribution in [1.29, 1.82) is 0 Å². The monoisotopic (exact) mass is 359 g/mol. The molecule has 0 spiro atoms. The van der Waals surface area contributed by atoms with Gasteiger partial charge in [0.15, 0.2) is 0 Å². The minimum Gasteiger partial charge on any atom is -0.460 e. The first kappa shape index (κ1) is 18.7. The molecule has 142 valence electrons. The predicted octanol–water partition coefficient (Wildman–Crippen LogP) is 2.73. The van der Waals surface area contributed by atoms with Crippen LogP contribution in [-0.4, -0.2) is 53.0 Å². The molecule has 1 aliphatic heterocycles. The lowest BCUT2D eigenvalue weighted by atomic mass is 10.1. The van der Waals surface area contributed by atoms with Crippen molar-refractivity contribution in [2.75, 3.05) is 32.7 Å². The number of hydrogen-bond acceptors (Lipinski definition) is 4. The van der Waals surface area contributed by atoms with Gasteiger partial charge < -0.3 is 13.9 Å². The molecule has 1 saturated heterocycles. The van der Waals surface area contributed by atoms with Crippen LogP contribution in [0, 0.1) is 12.8 Å². The van der Waals surface area contributed by atoms with Gasteiger partial charge in [-0.1, -0.05) is 20.8 Å². The minimum absolute atomic E-state index is 0.0863. The first-order chi connectivity index (χ1) is 12.4. The van der Waals surface area contributed by atoms with Crippen LogP contribution >= 0.6 is 0 Å². The number of piperazine rings is 1. The Hall–Kier alpha value is -2.08. The van der Waals surface area contributed by atoms with E-state index in [4.69, 9.17) is 4.42 Å². The van der Waals surface area contributed by atoms with Crippen molar-refractivity contribution in [2.24, 2.45) is 5.92 Å². The van der Waals surface area contributed by atoms with Crippen LogP contribution < -0.4 is 5.56 Å². The standard InChI is InChI=1S/C20H29N3O3/c1-5-7-22-8-6-16-18(20(22)25)17(15(4)26-16)19(24)23-11-9-21(10-12-23)13-14(2)3/h6,8,14H,5,7,9-13H2,1-4H3. The van der Waals surface area contributed by atoms with Gasteiger partial charge >= 0.3 is 0 Å². The summed E-state index contributed by atoms with van der Waals surface area (Å²) < 4.78 is 7.39. The number of aromatic nitrogens is 1. The second-order valence-electron chi connectivity index (χ2n) is 7.57. The summed E-state index contributed by atoms with van der Waals surface area (Å²) in [5, 5.41) is 0.424. The SMILES string of the molecule is CCCn1ccc2oc(C)c(C(=O)N3CCN(CC(C)C)CC3)c2c1=O. The van der Waals surface area contributed by atoms with Crippen LogP contribution in [0.25, 0.3) is 11.0 Å². The van der Waals surface area contributed by atoms with Crippen molar-refractivity contribution in [3.63, 3.8) is 0 Å². The van der Waals surface area contributed by atoms with E-state index in [2.05, 4.69) is 18.7 Å². The number of furan rings is 1. The summed E-state index contributed by atoms with van der Waals surface area (Å²) >= 11 is 0. The molecule has 1 fully saturated rings. The number of pyridine rings is 1. The molecule has 3 rings (SSSR count). The maximum atomic E-state index is 13.1. The lowest BCUT2D eigenvalue weighted by Gasteiger charge is -2.35. The zero-order valence-corrected chi connectivity index (χ0v) is 16.2. The highest BCUT2D eigenvalue weighted by molar-refractivity contribution is 6.06. The average molecular weight is 359 g/mol. The number of nitrogens with zero attached hydrogens (tertiary/aromatic N) is 3. The van der Waals surface area contributed by atoms with Gasteiger partial charge in [-0.05, 0) is 25.3 Å². The van der Waals surface area contributed by atoms with Crippen molar-refractivity contribution in [3.05, 3.63) is 33.9 Å². The van der Waals surface area contributed by atoms with Crippen LogP contribution in [0.3, 0.4) is 0 Å². The number of fused-ring (bicyclic) bond motifs is 1. The predicted molar refractivity (Wildman–Crippen MR) is 103 cm³/mol. The molecular weight excluding hydrogens is 330 g/mol. The highest BCUT2D eigenvalue weighted by atomic mass is 16.3. The third-order valence-electron chi connectivity index (χ3n) is 4.95. The summed E-state index contributed by atoms with van der Waals surface area (Å²) in [6, 6.07) is 1.79. The molecule has 0 bridgehead atoms. The Labute approximate surface area is 154 Å². The third kappa shape index (κ3) is 3.56. The molecule has 1 amide bonds. The number of amides is 1. The summed E-state index contributed by atoms with van der Waals surface area (Å²) in [6.07, 6.45) is 2.61. The fraction of sp³-hybridized carbons (Fsp3) is 0.600. The molecule has 2 aromatic rings. The van der Waals surface area contributed by atoms with Crippen LogP contribution in [0.15, 0.2) is 21.5 Å². The Bertz CT molecular complexity index is 842. The Kier molecular flexibility index (Phi) is 5.51. The van der Waals surface area contributed by atoms with Gasteiger partial charge in [-0.25, -0.2) is 0 Å². The zero-order valence-electron chi connectivity index (χ0n) is 16.2. The van der Waals surface area contributed by atoms with E-state index in [9.17, 15) is 9.59 Å². The highest BCUT2D eigenvalue weighted by Gasteiger charge is 2.28. The molecule has 0 saturated carbocycles. The summed E-state index contributed by atoms with van der Waals surface area (Å²) in [5.74, 6) is 1.06. The Morgan fingerprint density at radius 1 is 1.23 bits per heavy atom. The van der Waals surface area contributed by atoms with E-state index in [-0.39, 0.29) is 11.5 Å². The summed E-state index contributed by atoms with van der Waals surface area (Å²) in [7, 11) is 0. The van der Waals surface area contributed by atoms with Gasteiger partial charge in [0.2, 0.25) is 0 Å². The smallest absolute Gasteiger partial charge is 0.262 e. The van der Waals surface area contributed by atoms with Crippen LogP contribution in [0.2, 0.25) is 0 Å². The molecule has 0 radical (unpaired) electrons. The first-order valence-electron chi connectivity index (χ1n) is 9.56. The number of rotatable bonds is 5. The summed E-state index contributed by atoms with van der Waals surface area (Å²) in [5.41, 5.74) is 0.803. The molecule has 0 atom stereocenters. The van der Waals surface area contributed by atoms with Gasteiger partial charge in [-0.3, -0.25) is 14.5 Å². The summed E-state index contributed by atoms with van der Waals surface area (Å²) in [4.78, 5) is 30.2. The summed E-state index contributed by atoms with van der Waals surface area (Å²) in [6.45, 7) is 13.0. The molecule has 6 heteroatoms. The van der Waals surface area contributed by atoms with Crippen molar-refractivity contribution in [2.45, 2.75) is 40.7 Å². The van der Waals surface area contributed by atoms with Crippen LogP contribution in [0.5, 0.6) is 0 Å². The third-order valence-corrected chi connectivity index (χ3v) is 4.95. The van der Waals surface area contributed by atoms with E-state index in [0.29, 0.717) is 47.8 Å². The number of aryl methyl sites for hydroxylation is 2. The lowest BCUT2D eigenvalue weighted by molar-refractivity contribution is 0.0623. The number of carbonyl (C=O) groups is 1. The van der Waals surface area contributed by atoms with Gasteiger partial charge in [0, 0.05) is 45.5 Å². The first-order valence-corrected chi connectivity index (χ1v) is 9.56. The molecule has 0 unspecified atom stereocenters. The second kappa shape index (κ2) is 7.66. The normalized spacial score (nSPS) is 16.0. The fourth-order valence-electron chi connectivity index (χ4n) is 3.75. The molecule has 1 aliphatic rings. The Morgan fingerprint density at radius 3 is 2.54 bits per heavy atom. The van der Waals surface area contributed by atoms with E-state index in [0.717, 1.165) is 26.1 Å². The van der Waals surface area contributed by atoms with Crippen molar-refractivity contribution in [3.8, 4) is 0 Å². The zero-order chi connectivity index (χ0) is 18.8. The van der Waals surface area contributed by atoms with Crippen LogP contribution in [0.1, 0.15) is 43.3 Å². The van der Waals surface area contributed by atoms with E-state index in [1.165, 1.54) is 0 Å². The van der Waals surface area contributed by atoms with Crippen molar-refractivity contribution < 1.29 is 9.21 Å². The quantitative estimate of drug-likeness (QED) is 0.824. The van der Waals surface area contributed by atoms with E-state index in [1.807, 2.05) is 11.8 Å². The molecular formula is C20H29N3O3.